The predicted molar refractivity (Wildman–Crippen MR) is 99.3 cm³/mol. The molecule has 1 aromatic carbocycles. The van der Waals surface area contributed by atoms with E-state index in [-0.39, 0.29) is 22.8 Å². The van der Waals surface area contributed by atoms with Crippen molar-refractivity contribution in [2.75, 3.05) is 31.7 Å². The second kappa shape index (κ2) is 6.64. The first kappa shape index (κ1) is 17.4. The first-order valence-electron chi connectivity index (χ1n) is 7.91. The molecule has 1 unspecified atom stereocenters. The molecule has 0 aliphatic carbocycles. The third kappa shape index (κ3) is 2.70. The van der Waals surface area contributed by atoms with Crippen molar-refractivity contribution in [3.8, 4) is 5.75 Å². The number of ether oxygens (including phenoxy) is 1. The molecule has 1 saturated heterocycles. The number of thioether (sulfide) groups is 1. The van der Waals surface area contributed by atoms with Gasteiger partial charge in [0, 0.05) is 40.8 Å². The van der Waals surface area contributed by atoms with Crippen LogP contribution in [0, 0.1) is 11.6 Å². The van der Waals surface area contributed by atoms with E-state index in [4.69, 9.17) is 16.5 Å². The fraction of sp³-hybridized carbons (Fsp3) is 0.312. The summed E-state index contributed by atoms with van der Waals surface area (Å²) in [7, 11) is 1.35. The van der Waals surface area contributed by atoms with Crippen molar-refractivity contribution in [1.29, 1.82) is 0 Å². The zero-order valence-electron chi connectivity index (χ0n) is 13.8. The molecule has 3 aliphatic rings. The van der Waals surface area contributed by atoms with E-state index in [2.05, 4.69) is 15.1 Å². The van der Waals surface area contributed by atoms with E-state index in [0.717, 1.165) is 23.6 Å². The molecule has 4 rings (SSSR count). The molecule has 0 aromatic heterocycles. The standard InChI is InChI=1S/C16H15ClF2N5OS/c1-25-10-6-12(18)14(13(19)7-10)11-8-20-16-21-9-22-24(16,17)15(11)23-2-4-26-5-3-23/h6-9H,2-5H2,1H3/q+1. The largest absolute Gasteiger partial charge is 0.497 e. The number of nitrogens with zero attached hydrogens (tertiary/aromatic N) is 5. The molecule has 136 valence electrons. The lowest BCUT2D eigenvalue weighted by molar-refractivity contribution is -0.692. The summed E-state index contributed by atoms with van der Waals surface area (Å²) in [6.07, 6.45) is 2.71. The number of fused-ring (bicyclic) bond motifs is 1. The Labute approximate surface area is 158 Å². The first-order chi connectivity index (χ1) is 12.5. The molecule has 26 heavy (non-hydrogen) atoms. The van der Waals surface area contributed by atoms with E-state index in [9.17, 15) is 8.78 Å². The maximum absolute atomic E-state index is 14.7. The SMILES string of the molecule is COc1cc(F)c(C2=C(N3CCSCC3)[N+]3(Cl)N=CN=C3N=C2)c(F)c1. The molecule has 1 fully saturated rings. The Bertz CT molecular complexity index is 858. The van der Waals surface area contributed by atoms with Crippen LogP contribution in [0.5, 0.6) is 5.75 Å². The van der Waals surface area contributed by atoms with Crippen LogP contribution in [0.25, 0.3) is 5.57 Å². The Kier molecular flexibility index (Phi) is 4.45. The van der Waals surface area contributed by atoms with Crippen molar-refractivity contribution in [1.82, 2.24) is 4.90 Å². The fourth-order valence-corrected chi connectivity index (χ4v) is 4.34. The summed E-state index contributed by atoms with van der Waals surface area (Å²) in [4.78, 5) is 10.2. The van der Waals surface area contributed by atoms with E-state index in [1.807, 2.05) is 16.7 Å². The lowest BCUT2D eigenvalue weighted by Gasteiger charge is -2.35. The lowest BCUT2D eigenvalue weighted by atomic mass is 10.0. The molecular weight excluding hydrogens is 384 g/mol. The van der Waals surface area contributed by atoms with Crippen LogP contribution < -0.4 is 4.74 Å². The van der Waals surface area contributed by atoms with Gasteiger partial charge >= 0.3 is 5.96 Å². The van der Waals surface area contributed by atoms with Crippen LogP contribution in [0.2, 0.25) is 0 Å². The van der Waals surface area contributed by atoms with Gasteiger partial charge in [-0.3, -0.25) is 0 Å². The Hall–Kier alpha value is -1.97. The Morgan fingerprint density at radius 1 is 1.23 bits per heavy atom. The molecule has 0 saturated carbocycles. The maximum Gasteiger partial charge on any atom is 0.383 e. The summed E-state index contributed by atoms with van der Waals surface area (Å²) >= 11 is 8.51. The van der Waals surface area contributed by atoms with Gasteiger partial charge in [-0.1, -0.05) is 0 Å². The zero-order valence-corrected chi connectivity index (χ0v) is 15.4. The number of rotatable bonds is 3. The number of quaternary nitrogens is 1. The van der Waals surface area contributed by atoms with Crippen LogP contribution in [0.3, 0.4) is 0 Å². The van der Waals surface area contributed by atoms with E-state index in [1.54, 1.807) is 0 Å². The van der Waals surface area contributed by atoms with Crippen LogP contribution in [-0.2, 0) is 0 Å². The van der Waals surface area contributed by atoms with Crippen LogP contribution >= 0.6 is 23.5 Å². The minimum atomic E-state index is -0.751. The molecular formula is C16H15ClF2N5OS+. The monoisotopic (exact) mass is 398 g/mol. The highest BCUT2D eigenvalue weighted by Gasteiger charge is 2.50. The first-order valence-corrected chi connectivity index (χ1v) is 9.40. The van der Waals surface area contributed by atoms with Crippen molar-refractivity contribution in [2.24, 2.45) is 15.1 Å². The number of halogens is 3. The van der Waals surface area contributed by atoms with Gasteiger partial charge in [-0.15, -0.1) is 0 Å². The number of hydrogen-bond donors (Lipinski definition) is 0. The fourth-order valence-electron chi connectivity index (χ4n) is 3.11. The van der Waals surface area contributed by atoms with Gasteiger partial charge in [-0.05, 0) is 5.10 Å². The van der Waals surface area contributed by atoms with Crippen molar-refractivity contribution in [3.05, 3.63) is 35.2 Å². The highest BCUT2D eigenvalue weighted by atomic mass is 35.5. The lowest BCUT2D eigenvalue weighted by Crippen LogP contribution is -2.48. The molecule has 0 amide bonds. The van der Waals surface area contributed by atoms with Gasteiger partial charge in [-0.2, -0.15) is 21.7 Å². The van der Waals surface area contributed by atoms with Gasteiger partial charge in [0.2, 0.25) is 11.8 Å². The van der Waals surface area contributed by atoms with Crippen molar-refractivity contribution in [2.45, 2.75) is 0 Å². The average Bonchev–Trinajstić information content (AvgIpc) is 3.02. The molecule has 0 bridgehead atoms. The van der Waals surface area contributed by atoms with Crippen LogP contribution in [0.4, 0.5) is 8.78 Å². The summed E-state index contributed by atoms with van der Waals surface area (Å²) < 4.78 is 33.8. The quantitative estimate of drug-likeness (QED) is 0.735. The minimum absolute atomic E-state index is 0.101. The molecule has 0 N–H and O–H groups in total. The van der Waals surface area contributed by atoms with Gasteiger partial charge in [0.1, 0.15) is 17.4 Å². The predicted octanol–water partition coefficient (Wildman–Crippen LogP) is 3.06. The number of allylic oxidation sites excluding steroid dienone is 1. The molecule has 3 heterocycles. The number of guanidine groups is 1. The Morgan fingerprint density at radius 2 is 1.92 bits per heavy atom. The van der Waals surface area contributed by atoms with E-state index in [1.165, 1.54) is 19.7 Å². The van der Waals surface area contributed by atoms with Crippen molar-refractivity contribution < 1.29 is 17.6 Å². The molecule has 0 radical (unpaired) electrons. The number of benzene rings is 1. The third-order valence-electron chi connectivity index (χ3n) is 4.31. The van der Waals surface area contributed by atoms with E-state index >= 15 is 0 Å². The van der Waals surface area contributed by atoms with Gasteiger partial charge in [0.15, 0.2) is 6.34 Å². The van der Waals surface area contributed by atoms with Crippen LogP contribution in [0.1, 0.15) is 5.56 Å². The second-order valence-corrected chi connectivity index (χ2v) is 7.49. The Morgan fingerprint density at radius 3 is 2.58 bits per heavy atom. The Balaban J connectivity index is 1.94. The molecule has 1 atom stereocenters. The zero-order chi connectivity index (χ0) is 18.3. The number of methoxy groups -OCH3 is 1. The maximum atomic E-state index is 14.7. The summed E-state index contributed by atoms with van der Waals surface area (Å²) in [5.41, 5.74) is 0.0460. The highest BCUT2D eigenvalue weighted by molar-refractivity contribution is 7.99. The summed E-state index contributed by atoms with van der Waals surface area (Å²) in [5.74, 6) is 1.07. The van der Waals surface area contributed by atoms with E-state index in [0.29, 0.717) is 18.9 Å². The van der Waals surface area contributed by atoms with Crippen molar-refractivity contribution in [3.63, 3.8) is 0 Å². The topological polar surface area (TPSA) is 49.5 Å². The smallest absolute Gasteiger partial charge is 0.383 e. The van der Waals surface area contributed by atoms with Crippen LogP contribution in [0.15, 0.2) is 33.0 Å². The molecule has 1 aromatic rings. The van der Waals surface area contributed by atoms with Crippen LogP contribution in [-0.4, -0.2) is 59.2 Å². The molecule has 0 spiro atoms. The average molecular weight is 399 g/mol. The third-order valence-corrected chi connectivity index (χ3v) is 5.65. The number of aliphatic imine (C=N–C) groups is 2. The molecule has 3 aliphatic heterocycles. The number of hydrogen-bond acceptors (Lipinski definition) is 6. The molecule has 10 heteroatoms. The van der Waals surface area contributed by atoms with Gasteiger partial charge in [0.25, 0.3) is 5.82 Å². The normalized spacial score (nSPS) is 24.8. The van der Waals surface area contributed by atoms with Gasteiger partial charge < -0.3 is 9.64 Å². The summed E-state index contributed by atoms with van der Waals surface area (Å²) in [5, 5.41) is 4.20. The second-order valence-electron chi connectivity index (χ2n) is 5.78. The van der Waals surface area contributed by atoms with E-state index < -0.39 is 15.7 Å². The highest BCUT2D eigenvalue weighted by Crippen LogP contribution is 2.40. The summed E-state index contributed by atoms with van der Waals surface area (Å²) in [6.45, 7) is 1.37. The molecule has 6 nitrogen and oxygen atoms in total. The summed E-state index contributed by atoms with van der Waals surface area (Å²) in [6, 6.07) is 2.27. The minimum Gasteiger partial charge on any atom is -0.497 e. The van der Waals surface area contributed by atoms with Gasteiger partial charge in [-0.25, -0.2) is 8.78 Å². The van der Waals surface area contributed by atoms with Gasteiger partial charge in [0.05, 0.1) is 24.5 Å². The van der Waals surface area contributed by atoms with Crippen molar-refractivity contribution >= 4 is 47.6 Å².